The number of anilines is 1. The first-order chi connectivity index (χ1) is 13.5. The SMILES string of the molecule is CCN(CC)CCN(C(=O)c1ccc(C(C)=O)cc1)c1nc2ccccc2s1.Cl. The van der Waals surface area contributed by atoms with E-state index in [9.17, 15) is 9.59 Å². The molecule has 0 saturated heterocycles. The molecule has 0 fully saturated rings. The van der Waals surface area contributed by atoms with Crippen LogP contribution in [0.25, 0.3) is 10.2 Å². The molecule has 0 unspecified atom stereocenters. The molecule has 2 aromatic carbocycles. The lowest BCUT2D eigenvalue weighted by molar-refractivity contribution is 0.0980. The summed E-state index contributed by atoms with van der Waals surface area (Å²) in [4.78, 5) is 33.5. The van der Waals surface area contributed by atoms with E-state index >= 15 is 0 Å². The minimum absolute atomic E-state index is 0. The van der Waals surface area contributed by atoms with Crippen molar-refractivity contribution in [3.63, 3.8) is 0 Å². The molecule has 154 valence electrons. The van der Waals surface area contributed by atoms with Crippen molar-refractivity contribution in [3.05, 3.63) is 59.7 Å². The maximum absolute atomic E-state index is 13.3. The fourth-order valence-electron chi connectivity index (χ4n) is 3.04. The van der Waals surface area contributed by atoms with Crippen molar-refractivity contribution >= 4 is 50.8 Å². The molecule has 29 heavy (non-hydrogen) atoms. The van der Waals surface area contributed by atoms with Gasteiger partial charge in [-0.1, -0.05) is 49.4 Å². The summed E-state index contributed by atoms with van der Waals surface area (Å²) in [6.45, 7) is 8.97. The van der Waals surface area contributed by atoms with E-state index in [2.05, 4.69) is 23.7 Å². The summed E-state index contributed by atoms with van der Waals surface area (Å²) in [5, 5.41) is 0.703. The number of nitrogens with zero attached hydrogens (tertiary/aromatic N) is 3. The number of carbonyl (C=O) groups is 2. The Bertz CT molecular complexity index is 935. The summed E-state index contributed by atoms with van der Waals surface area (Å²) in [6, 6.07) is 14.8. The van der Waals surface area contributed by atoms with E-state index in [0.717, 1.165) is 29.9 Å². The van der Waals surface area contributed by atoms with Gasteiger partial charge in [0.05, 0.1) is 10.2 Å². The maximum Gasteiger partial charge on any atom is 0.260 e. The maximum atomic E-state index is 13.3. The van der Waals surface area contributed by atoms with Crippen molar-refractivity contribution < 1.29 is 9.59 Å². The van der Waals surface area contributed by atoms with E-state index in [4.69, 9.17) is 0 Å². The quantitative estimate of drug-likeness (QED) is 0.475. The number of rotatable bonds is 8. The molecule has 0 saturated carbocycles. The monoisotopic (exact) mass is 431 g/mol. The third-order valence-corrected chi connectivity index (χ3v) is 5.89. The first-order valence-corrected chi connectivity index (χ1v) is 10.4. The van der Waals surface area contributed by atoms with Crippen LogP contribution in [0, 0.1) is 0 Å². The Hall–Kier alpha value is -2.28. The molecule has 0 aliphatic carbocycles. The van der Waals surface area contributed by atoms with Crippen LogP contribution in [0.2, 0.25) is 0 Å². The number of halogens is 1. The van der Waals surface area contributed by atoms with Crippen LogP contribution in [-0.4, -0.2) is 47.8 Å². The molecule has 1 aromatic heterocycles. The molecule has 0 aliphatic rings. The smallest absolute Gasteiger partial charge is 0.260 e. The number of hydrogen-bond donors (Lipinski definition) is 0. The van der Waals surface area contributed by atoms with Crippen LogP contribution < -0.4 is 4.90 Å². The molecule has 3 rings (SSSR count). The second kappa shape index (κ2) is 10.5. The van der Waals surface area contributed by atoms with Gasteiger partial charge in [-0.2, -0.15) is 0 Å². The Morgan fingerprint density at radius 3 is 2.14 bits per heavy atom. The topological polar surface area (TPSA) is 53.5 Å². The molecular weight excluding hydrogens is 406 g/mol. The zero-order valence-corrected chi connectivity index (χ0v) is 18.6. The third kappa shape index (κ3) is 5.41. The number of fused-ring (bicyclic) bond motifs is 1. The highest BCUT2D eigenvalue weighted by atomic mass is 35.5. The lowest BCUT2D eigenvalue weighted by Gasteiger charge is -2.24. The van der Waals surface area contributed by atoms with Gasteiger partial charge in [0.15, 0.2) is 10.9 Å². The zero-order chi connectivity index (χ0) is 20.1. The summed E-state index contributed by atoms with van der Waals surface area (Å²) >= 11 is 1.52. The Morgan fingerprint density at radius 2 is 1.55 bits per heavy atom. The Labute approximate surface area is 181 Å². The second-order valence-electron chi connectivity index (χ2n) is 6.58. The third-order valence-electron chi connectivity index (χ3n) is 4.83. The largest absolute Gasteiger partial charge is 0.302 e. The van der Waals surface area contributed by atoms with Crippen LogP contribution >= 0.6 is 23.7 Å². The summed E-state index contributed by atoms with van der Waals surface area (Å²) in [5.41, 5.74) is 2.06. The summed E-state index contributed by atoms with van der Waals surface area (Å²) in [7, 11) is 0. The molecule has 1 heterocycles. The van der Waals surface area contributed by atoms with E-state index in [-0.39, 0.29) is 24.1 Å². The Morgan fingerprint density at radius 1 is 0.931 bits per heavy atom. The van der Waals surface area contributed by atoms with Gasteiger partial charge in [-0.05, 0) is 44.3 Å². The van der Waals surface area contributed by atoms with Crippen molar-refractivity contribution in [1.82, 2.24) is 9.88 Å². The van der Waals surface area contributed by atoms with Crippen molar-refractivity contribution in [3.8, 4) is 0 Å². The van der Waals surface area contributed by atoms with E-state index in [1.807, 2.05) is 24.3 Å². The molecular formula is C22H26ClN3O2S. The molecule has 3 aromatic rings. The minimum Gasteiger partial charge on any atom is -0.302 e. The van der Waals surface area contributed by atoms with Crippen LogP contribution in [0.15, 0.2) is 48.5 Å². The molecule has 5 nitrogen and oxygen atoms in total. The summed E-state index contributed by atoms with van der Waals surface area (Å²) in [5.74, 6) is -0.107. The van der Waals surface area contributed by atoms with Crippen molar-refractivity contribution in [2.45, 2.75) is 20.8 Å². The summed E-state index contributed by atoms with van der Waals surface area (Å²) < 4.78 is 1.06. The van der Waals surface area contributed by atoms with Gasteiger partial charge in [-0.3, -0.25) is 14.5 Å². The number of amides is 1. The van der Waals surface area contributed by atoms with E-state index in [0.29, 0.717) is 22.8 Å². The molecule has 0 aliphatic heterocycles. The van der Waals surface area contributed by atoms with Crippen molar-refractivity contribution in [2.75, 3.05) is 31.1 Å². The van der Waals surface area contributed by atoms with Gasteiger partial charge in [0.2, 0.25) is 0 Å². The van der Waals surface area contributed by atoms with Gasteiger partial charge in [0.25, 0.3) is 5.91 Å². The lowest BCUT2D eigenvalue weighted by Crippen LogP contribution is -2.38. The number of para-hydroxylation sites is 1. The molecule has 0 spiro atoms. The van der Waals surface area contributed by atoms with E-state index in [1.165, 1.54) is 18.3 Å². The predicted molar refractivity (Wildman–Crippen MR) is 123 cm³/mol. The second-order valence-corrected chi connectivity index (χ2v) is 7.59. The Kier molecular flexibility index (Phi) is 8.32. The normalized spacial score (nSPS) is 10.8. The van der Waals surface area contributed by atoms with Gasteiger partial charge < -0.3 is 4.90 Å². The number of likely N-dealkylation sites (N-methyl/N-ethyl adjacent to an activating group) is 1. The zero-order valence-electron chi connectivity index (χ0n) is 16.9. The summed E-state index contributed by atoms with van der Waals surface area (Å²) in [6.07, 6.45) is 0. The van der Waals surface area contributed by atoms with Crippen molar-refractivity contribution in [2.24, 2.45) is 0 Å². The van der Waals surface area contributed by atoms with Crippen molar-refractivity contribution in [1.29, 1.82) is 0 Å². The van der Waals surface area contributed by atoms with E-state index in [1.54, 1.807) is 29.2 Å². The average Bonchev–Trinajstić information content (AvgIpc) is 3.14. The lowest BCUT2D eigenvalue weighted by atomic mass is 10.1. The molecule has 1 amide bonds. The Balaban J connectivity index is 0.00000300. The molecule has 0 atom stereocenters. The van der Waals surface area contributed by atoms with Gasteiger partial charge in [-0.15, -0.1) is 12.4 Å². The number of aromatic nitrogens is 1. The first-order valence-electron chi connectivity index (χ1n) is 9.54. The minimum atomic E-state index is -0.0960. The number of thiazole rings is 1. The fraction of sp³-hybridized carbons (Fsp3) is 0.318. The highest BCUT2D eigenvalue weighted by Crippen LogP contribution is 2.29. The van der Waals surface area contributed by atoms with Gasteiger partial charge in [-0.25, -0.2) is 4.98 Å². The molecule has 0 bridgehead atoms. The van der Waals surface area contributed by atoms with E-state index < -0.39 is 0 Å². The van der Waals surface area contributed by atoms with Gasteiger partial charge >= 0.3 is 0 Å². The first kappa shape index (κ1) is 23.0. The van der Waals surface area contributed by atoms with Crippen LogP contribution in [-0.2, 0) is 0 Å². The molecule has 0 radical (unpaired) electrons. The number of Topliss-reactive ketones (excluding diaryl/α,β-unsaturated/α-hetero) is 1. The average molecular weight is 432 g/mol. The highest BCUT2D eigenvalue weighted by molar-refractivity contribution is 7.22. The highest BCUT2D eigenvalue weighted by Gasteiger charge is 2.22. The van der Waals surface area contributed by atoms with Gasteiger partial charge in [0, 0.05) is 24.2 Å². The van der Waals surface area contributed by atoms with Crippen LogP contribution in [0.5, 0.6) is 0 Å². The predicted octanol–water partition coefficient (Wildman–Crippen LogP) is 4.91. The van der Waals surface area contributed by atoms with Crippen LogP contribution in [0.4, 0.5) is 5.13 Å². The number of ketones is 1. The van der Waals surface area contributed by atoms with Crippen LogP contribution in [0.3, 0.4) is 0 Å². The fourth-order valence-corrected chi connectivity index (χ4v) is 4.03. The number of benzene rings is 2. The standard InChI is InChI=1S/C22H25N3O2S.ClH/c1-4-24(5-2)14-15-25(22-23-19-8-6-7-9-20(19)28-22)21(27)18-12-10-17(11-13-18)16(3)26;/h6-13H,4-5,14-15H2,1-3H3;1H. The number of carbonyl (C=O) groups excluding carboxylic acids is 2. The molecule has 7 heteroatoms. The van der Waals surface area contributed by atoms with Gasteiger partial charge in [0.1, 0.15) is 0 Å². The number of hydrogen-bond acceptors (Lipinski definition) is 5. The van der Waals surface area contributed by atoms with Crippen LogP contribution in [0.1, 0.15) is 41.5 Å². The molecule has 0 N–H and O–H groups in total.